The highest BCUT2D eigenvalue weighted by Crippen LogP contribution is 2.34. The number of methoxy groups -OCH3 is 2. The van der Waals surface area contributed by atoms with Crippen LogP contribution in [0.3, 0.4) is 0 Å². The maximum Gasteiger partial charge on any atom is 0.340 e. The van der Waals surface area contributed by atoms with Gasteiger partial charge in [0.15, 0.2) is 23.9 Å². The van der Waals surface area contributed by atoms with Gasteiger partial charge in [-0.15, -0.1) is 0 Å². The maximum absolute atomic E-state index is 12.7. The number of ether oxygens (including phenoxy) is 3. The second-order valence-corrected chi connectivity index (χ2v) is 7.10. The Balaban J connectivity index is 1.69. The van der Waals surface area contributed by atoms with Crippen LogP contribution in [0.1, 0.15) is 26.5 Å². The number of anilines is 1. The highest BCUT2D eigenvalue weighted by atomic mass is 35.5. The van der Waals surface area contributed by atoms with Crippen LogP contribution in [-0.2, 0) is 16.1 Å². The summed E-state index contributed by atoms with van der Waals surface area (Å²) in [5.41, 5.74) is 0.903. The lowest BCUT2D eigenvalue weighted by Crippen LogP contribution is -2.28. The Bertz CT molecular complexity index is 1130. The molecule has 0 radical (unpaired) electrons. The molecule has 1 aromatic heterocycles. The van der Waals surface area contributed by atoms with Crippen molar-refractivity contribution in [3.63, 3.8) is 0 Å². The molecule has 0 aliphatic carbocycles. The normalized spacial score (nSPS) is 10.3. The molecule has 1 heterocycles. The number of furan rings is 1. The van der Waals surface area contributed by atoms with Crippen molar-refractivity contribution in [1.29, 1.82) is 0 Å². The topological polar surface area (TPSA) is 116 Å². The minimum atomic E-state index is -0.840. The van der Waals surface area contributed by atoms with Gasteiger partial charge < -0.3 is 29.3 Å². The molecule has 0 aliphatic rings. The average molecular weight is 473 g/mol. The van der Waals surface area contributed by atoms with Crippen LogP contribution < -0.4 is 20.1 Å². The van der Waals surface area contributed by atoms with Crippen molar-refractivity contribution >= 4 is 35.1 Å². The summed E-state index contributed by atoms with van der Waals surface area (Å²) in [6.45, 7) is -0.277. The summed E-state index contributed by atoms with van der Waals surface area (Å²) in [6, 6.07) is 12.7. The summed E-state index contributed by atoms with van der Waals surface area (Å²) >= 11 is 5.84. The summed E-state index contributed by atoms with van der Waals surface area (Å²) in [5, 5.41) is 5.81. The fourth-order valence-electron chi connectivity index (χ4n) is 2.81. The van der Waals surface area contributed by atoms with Crippen LogP contribution in [0.5, 0.6) is 11.5 Å². The first-order chi connectivity index (χ1) is 15.9. The molecule has 2 amide bonds. The molecule has 0 saturated heterocycles. The van der Waals surface area contributed by atoms with Crippen molar-refractivity contribution in [1.82, 2.24) is 5.32 Å². The molecular formula is C23H21ClN2O7. The van der Waals surface area contributed by atoms with E-state index >= 15 is 0 Å². The van der Waals surface area contributed by atoms with Crippen molar-refractivity contribution in [3.05, 3.63) is 76.7 Å². The van der Waals surface area contributed by atoms with Crippen LogP contribution in [-0.4, -0.2) is 38.6 Å². The van der Waals surface area contributed by atoms with Crippen LogP contribution in [0.4, 0.5) is 5.69 Å². The van der Waals surface area contributed by atoms with Crippen LogP contribution in [0.25, 0.3) is 0 Å². The van der Waals surface area contributed by atoms with Crippen LogP contribution >= 0.6 is 11.6 Å². The fraction of sp³-hybridized carbons (Fsp3) is 0.174. The van der Waals surface area contributed by atoms with E-state index in [0.29, 0.717) is 5.02 Å². The first kappa shape index (κ1) is 23.7. The highest BCUT2D eigenvalue weighted by molar-refractivity contribution is 6.30. The molecule has 172 valence electrons. The van der Waals surface area contributed by atoms with Crippen molar-refractivity contribution in [2.45, 2.75) is 6.54 Å². The Morgan fingerprint density at radius 3 is 2.33 bits per heavy atom. The van der Waals surface area contributed by atoms with Gasteiger partial charge in [0.2, 0.25) is 0 Å². The van der Waals surface area contributed by atoms with E-state index < -0.39 is 24.4 Å². The van der Waals surface area contributed by atoms with Gasteiger partial charge in [0.05, 0.1) is 31.7 Å². The molecule has 2 N–H and O–H groups in total. The van der Waals surface area contributed by atoms with E-state index in [1.165, 1.54) is 38.7 Å². The summed E-state index contributed by atoms with van der Waals surface area (Å²) in [4.78, 5) is 37.3. The van der Waals surface area contributed by atoms with Gasteiger partial charge in [-0.25, -0.2) is 4.79 Å². The van der Waals surface area contributed by atoms with E-state index in [1.54, 1.807) is 30.3 Å². The monoisotopic (exact) mass is 472 g/mol. The lowest BCUT2D eigenvalue weighted by atomic mass is 10.1. The third kappa shape index (κ3) is 6.27. The molecule has 0 spiro atoms. The summed E-state index contributed by atoms with van der Waals surface area (Å²) in [5.74, 6) is -1.35. The second-order valence-electron chi connectivity index (χ2n) is 6.66. The molecule has 0 aliphatic heterocycles. The summed E-state index contributed by atoms with van der Waals surface area (Å²) < 4.78 is 20.7. The van der Waals surface area contributed by atoms with Crippen LogP contribution in [0.15, 0.2) is 59.2 Å². The Kier molecular flexibility index (Phi) is 7.93. The van der Waals surface area contributed by atoms with E-state index in [2.05, 4.69) is 10.6 Å². The molecule has 2 aromatic carbocycles. The highest BCUT2D eigenvalue weighted by Gasteiger charge is 2.21. The Morgan fingerprint density at radius 2 is 1.70 bits per heavy atom. The molecule has 9 nitrogen and oxygen atoms in total. The number of amides is 2. The molecular weight excluding hydrogens is 452 g/mol. The quantitative estimate of drug-likeness (QED) is 0.456. The van der Waals surface area contributed by atoms with Crippen molar-refractivity contribution in [2.24, 2.45) is 0 Å². The maximum atomic E-state index is 12.7. The number of rotatable bonds is 9. The van der Waals surface area contributed by atoms with Gasteiger partial charge in [-0.1, -0.05) is 23.7 Å². The number of hydrogen-bond donors (Lipinski definition) is 2. The Morgan fingerprint density at radius 1 is 1.00 bits per heavy atom. The lowest BCUT2D eigenvalue weighted by molar-refractivity contribution is -0.124. The Hall–Kier alpha value is -3.98. The van der Waals surface area contributed by atoms with Crippen LogP contribution in [0, 0.1) is 0 Å². The molecule has 0 fully saturated rings. The molecule has 3 rings (SSSR count). The second kappa shape index (κ2) is 11.1. The zero-order valence-corrected chi connectivity index (χ0v) is 18.6. The van der Waals surface area contributed by atoms with Crippen molar-refractivity contribution < 1.29 is 33.0 Å². The van der Waals surface area contributed by atoms with Gasteiger partial charge in [-0.05, 0) is 29.8 Å². The molecule has 0 saturated carbocycles. The van der Waals surface area contributed by atoms with Gasteiger partial charge in [0.25, 0.3) is 11.8 Å². The zero-order valence-electron chi connectivity index (χ0n) is 17.8. The van der Waals surface area contributed by atoms with E-state index in [0.717, 1.165) is 5.56 Å². The number of halogens is 1. The van der Waals surface area contributed by atoms with Gasteiger partial charge >= 0.3 is 5.97 Å². The van der Waals surface area contributed by atoms with Crippen LogP contribution in [0.2, 0.25) is 5.02 Å². The predicted octanol–water partition coefficient (Wildman–Crippen LogP) is 3.68. The average Bonchev–Trinajstić information content (AvgIpc) is 3.37. The molecule has 0 unspecified atom stereocenters. The van der Waals surface area contributed by atoms with E-state index in [4.69, 9.17) is 30.2 Å². The molecule has 0 atom stereocenters. The SMILES string of the molecule is COc1cc(NC(=O)c2ccco2)c(C(=O)OCC(=O)NCc2ccc(Cl)cc2)cc1OC. The van der Waals surface area contributed by atoms with Gasteiger partial charge in [0, 0.05) is 23.7 Å². The minimum absolute atomic E-state index is 0.0296. The first-order valence-corrected chi connectivity index (χ1v) is 10.1. The van der Waals surface area contributed by atoms with E-state index in [-0.39, 0.29) is 35.1 Å². The first-order valence-electron chi connectivity index (χ1n) is 9.70. The predicted molar refractivity (Wildman–Crippen MR) is 120 cm³/mol. The molecule has 0 bridgehead atoms. The lowest BCUT2D eigenvalue weighted by Gasteiger charge is -2.15. The number of nitrogens with one attached hydrogen (secondary N) is 2. The summed E-state index contributed by atoms with van der Waals surface area (Å²) in [7, 11) is 2.82. The van der Waals surface area contributed by atoms with Gasteiger partial charge in [0.1, 0.15) is 0 Å². The standard InChI is InChI=1S/C23H21ClN2O7/c1-30-19-10-16(17(11-20(19)31-2)26-22(28)18-4-3-9-32-18)23(29)33-13-21(27)25-12-14-5-7-15(24)8-6-14/h3-11H,12-13H2,1-2H3,(H,25,27)(H,26,28). The third-order valence-electron chi connectivity index (χ3n) is 4.47. The minimum Gasteiger partial charge on any atom is -0.493 e. The van der Waals surface area contributed by atoms with E-state index in [9.17, 15) is 14.4 Å². The smallest absolute Gasteiger partial charge is 0.340 e. The number of carbonyl (C=O) groups excluding carboxylic acids is 3. The molecule has 10 heteroatoms. The number of esters is 1. The largest absolute Gasteiger partial charge is 0.493 e. The molecule has 33 heavy (non-hydrogen) atoms. The molecule has 3 aromatic rings. The third-order valence-corrected chi connectivity index (χ3v) is 4.73. The fourth-order valence-corrected chi connectivity index (χ4v) is 2.93. The summed E-state index contributed by atoms with van der Waals surface area (Å²) in [6.07, 6.45) is 1.35. The van der Waals surface area contributed by atoms with Gasteiger partial charge in [-0.2, -0.15) is 0 Å². The van der Waals surface area contributed by atoms with Crippen molar-refractivity contribution in [3.8, 4) is 11.5 Å². The van der Waals surface area contributed by atoms with E-state index in [1.807, 2.05) is 0 Å². The number of carbonyl (C=O) groups is 3. The van der Waals surface area contributed by atoms with Gasteiger partial charge in [-0.3, -0.25) is 9.59 Å². The number of hydrogen-bond acceptors (Lipinski definition) is 7. The number of benzene rings is 2. The van der Waals surface area contributed by atoms with Crippen molar-refractivity contribution in [2.75, 3.05) is 26.1 Å². The Labute approximate surface area is 194 Å². The zero-order chi connectivity index (χ0) is 23.8.